The Morgan fingerprint density at radius 1 is 0.535 bits per heavy atom. The van der Waals surface area contributed by atoms with E-state index in [0.717, 1.165) is 51.6 Å². The fraction of sp³-hybridized carbons (Fsp3) is 0.714. The molecule has 0 spiro atoms. The largest absolute Gasteiger partial charge is 0.381 e. The summed E-state index contributed by atoms with van der Waals surface area (Å²) in [7, 11) is 2.69. The van der Waals surface area contributed by atoms with Gasteiger partial charge in [0.05, 0.1) is 0 Å². The van der Waals surface area contributed by atoms with E-state index in [4.69, 9.17) is 71.2 Å². The lowest BCUT2D eigenvalue weighted by atomic mass is 10.2. The van der Waals surface area contributed by atoms with Gasteiger partial charge in [-0.05, 0) is 118 Å². The smallest absolute Gasteiger partial charge is 0.344 e. The van der Waals surface area contributed by atoms with Crippen LogP contribution in [0.1, 0.15) is 93.9 Å². The Labute approximate surface area is 304 Å². The first-order valence-electron chi connectivity index (χ1n) is 14.8. The highest BCUT2D eigenvalue weighted by molar-refractivity contribution is 7.65. The zero-order chi connectivity index (χ0) is 33.1. The quantitative estimate of drug-likeness (QED) is 0.0549. The molecular weight excluding hydrogens is 762 g/mol. The lowest BCUT2D eigenvalue weighted by Crippen LogP contribution is -2.32. The number of allylic oxidation sites excluding steroid dienone is 4. The van der Waals surface area contributed by atoms with Gasteiger partial charge in [-0.3, -0.25) is 0 Å². The zero-order valence-corrected chi connectivity index (χ0v) is 37.6. The van der Waals surface area contributed by atoms with Crippen molar-refractivity contribution in [3.63, 3.8) is 0 Å². The van der Waals surface area contributed by atoms with Crippen LogP contribution in [-0.2, 0) is 4.74 Å². The van der Waals surface area contributed by atoms with Gasteiger partial charge >= 0.3 is 12.0 Å². The van der Waals surface area contributed by atoms with Crippen molar-refractivity contribution in [1.29, 1.82) is 0 Å². The first-order valence-corrected chi connectivity index (χ1v) is 29.1. The topological polar surface area (TPSA) is 15.7 Å². The second-order valence-electron chi connectivity index (χ2n) is 11.7. The Morgan fingerprint density at radius 2 is 0.814 bits per heavy atom. The monoisotopic (exact) mass is 808 g/mol. The van der Waals surface area contributed by atoms with Crippen molar-refractivity contribution in [2.75, 3.05) is 26.3 Å². The van der Waals surface area contributed by atoms with Crippen molar-refractivity contribution in [3.05, 3.63) is 45.1 Å². The molecule has 244 valence electrons. The lowest BCUT2D eigenvalue weighted by molar-refractivity contribution is 0.125. The summed E-state index contributed by atoms with van der Waals surface area (Å²) < 4.78 is 11.0. The minimum atomic E-state index is -2.87. The van der Waals surface area contributed by atoms with Gasteiger partial charge in [-0.1, -0.05) is 45.1 Å². The van der Waals surface area contributed by atoms with Crippen molar-refractivity contribution in [2.45, 2.75) is 105 Å². The molecule has 0 aliphatic heterocycles. The summed E-state index contributed by atoms with van der Waals surface area (Å²) in [6, 6.07) is -5.74. The summed E-state index contributed by atoms with van der Waals surface area (Å²) in [6.45, 7) is 20.3. The van der Waals surface area contributed by atoms with E-state index in [1.807, 2.05) is 0 Å². The maximum Gasteiger partial charge on any atom is 0.344 e. The molecule has 8 radical (unpaired) electrons. The number of hydrogen-bond acceptors (Lipinski definition) is 3. The Hall–Kier alpha value is 1.88. The standard InChI is InChI=1S/C28H50Cl6N2OSi6/c1-23(2)19-38-35(39-20-24(3)4)15-9-11-27(42(29,30)31)13-17-37-18-14-28(43(32,33)34)12-10-16-36(40-21-25(5)6)41-22-26(7)8/h19-22,27-28H,9-18H2,1-8H3. The van der Waals surface area contributed by atoms with Crippen molar-refractivity contribution < 1.29 is 4.74 Å². The molecule has 0 aromatic rings. The molecule has 0 aromatic carbocycles. The molecule has 2 unspecified atom stereocenters. The van der Waals surface area contributed by atoms with Crippen molar-refractivity contribution in [2.24, 2.45) is 0 Å². The van der Waals surface area contributed by atoms with E-state index < -0.39 is 12.0 Å². The molecule has 0 aliphatic carbocycles. The minimum Gasteiger partial charge on any atom is -0.381 e. The Bertz CT molecular complexity index is 770. The summed E-state index contributed by atoms with van der Waals surface area (Å²) in [6.07, 6.45) is 5.27. The van der Waals surface area contributed by atoms with Crippen LogP contribution in [0, 0.1) is 0 Å². The van der Waals surface area contributed by atoms with Gasteiger partial charge in [0, 0.05) is 13.2 Å². The second kappa shape index (κ2) is 24.9. The molecular formula is C28H50Cl6N2OSi6. The van der Waals surface area contributed by atoms with Gasteiger partial charge in [0.15, 0.2) is 38.7 Å². The van der Waals surface area contributed by atoms with Crippen LogP contribution in [0.2, 0.25) is 11.1 Å². The number of ether oxygens (including phenoxy) is 1. The van der Waals surface area contributed by atoms with Crippen LogP contribution in [-0.4, -0.2) is 85.5 Å². The Balaban J connectivity index is 4.84. The molecule has 0 saturated carbocycles. The second-order valence-corrected chi connectivity index (χ2v) is 34.9. The van der Waals surface area contributed by atoms with Crippen LogP contribution in [0.4, 0.5) is 0 Å². The van der Waals surface area contributed by atoms with E-state index >= 15 is 0 Å². The van der Waals surface area contributed by atoms with E-state index in [1.165, 1.54) is 22.3 Å². The van der Waals surface area contributed by atoms with Gasteiger partial charge in [-0.2, -0.15) is 0 Å². The normalized spacial score (nSPS) is 13.6. The van der Waals surface area contributed by atoms with Gasteiger partial charge in [-0.15, -0.1) is 66.5 Å². The molecule has 0 amide bonds. The lowest BCUT2D eigenvalue weighted by Gasteiger charge is -2.25. The predicted molar refractivity (Wildman–Crippen MR) is 207 cm³/mol. The van der Waals surface area contributed by atoms with Gasteiger partial charge in [0.25, 0.3) is 0 Å². The number of rotatable bonds is 24. The average Bonchev–Trinajstić information content (AvgIpc) is 2.86. The van der Waals surface area contributed by atoms with Crippen molar-refractivity contribution >= 4 is 117 Å². The molecule has 0 bridgehead atoms. The van der Waals surface area contributed by atoms with E-state index in [1.54, 1.807) is 0 Å². The molecule has 3 nitrogen and oxygen atoms in total. The van der Waals surface area contributed by atoms with Crippen LogP contribution in [0.25, 0.3) is 0 Å². The summed E-state index contributed by atoms with van der Waals surface area (Å²) in [5, 5.41) is 0. The molecule has 43 heavy (non-hydrogen) atoms. The number of nitrogens with zero attached hydrogens (tertiary/aromatic N) is 2. The van der Waals surface area contributed by atoms with Gasteiger partial charge < -0.3 is 13.2 Å². The van der Waals surface area contributed by atoms with Crippen LogP contribution in [0.15, 0.2) is 45.1 Å². The first kappa shape index (κ1) is 44.9. The number of hydrogen-bond donors (Lipinski definition) is 0. The van der Waals surface area contributed by atoms with E-state index in [9.17, 15) is 0 Å². The summed E-state index contributed by atoms with van der Waals surface area (Å²) in [5.74, 6) is 0. The minimum absolute atomic E-state index is 0.0607. The van der Waals surface area contributed by atoms with E-state index in [2.05, 4.69) is 86.6 Å². The fourth-order valence-electron chi connectivity index (χ4n) is 3.65. The van der Waals surface area contributed by atoms with Gasteiger partial charge in [0.2, 0.25) is 0 Å². The fourth-order valence-corrected chi connectivity index (χ4v) is 13.7. The molecule has 0 heterocycles. The van der Waals surface area contributed by atoms with Crippen LogP contribution < -0.4 is 0 Å². The summed E-state index contributed by atoms with van der Waals surface area (Å²) >= 11 is 39.2. The van der Waals surface area contributed by atoms with Gasteiger partial charge in [0.1, 0.15) is 0 Å². The number of halogens is 6. The molecule has 0 saturated heterocycles. The molecule has 0 aromatic heterocycles. The molecule has 2 atom stereocenters. The third kappa shape index (κ3) is 26.5. The summed E-state index contributed by atoms with van der Waals surface area (Å²) in [5.41, 5.74) is 14.7. The molecule has 0 N–H and O–H groups in total. The molecule has 0 aliphatic rings. The van der Waals surface area contributed by atoms with Crippen molar-refractivity contribution in [1.82, 2.24) is 8.46 Å². The zero-order valence-electron chi connectivity index (χ0n) is 27.1. The third-order valence-corrected chi connectivity index (χ3v) is 21.1. The molecule has 0 rings (SSSR count). The maximum atomic E-state index is 6.53. The van der Waals surface area contributed by atoms with E-state index in [-0.39, 0.29) is 11.1 Å². The highest BCUT2D eigenvalue weighted by Crippen LogP contribution is 2.41. The third-order valence-electron chi connectivity index (χ3n) is 6.05. The van der Waals surface area contributed by atoms with Gasteiger partial charge in [-0.25, -0.2) is 0 Å². The highest BCUT2D eigenvalue weighted by Gasteiger charge is 2.37. The van der Waals surface area contributed by atoms with Crippen LogP contribution in [0.5, 0.6) is 0 Å². The Morgan fingerprint density at radius 3 is 1.05 bits per heavy atom. The Kier molecular flexibility index (Phi) is 26.0. The average molecular weight is 812 g/mol. The maximum absolute atomic E-state index is 6.53. The summed E-state index contributed by atoms with van der Waals surface area (Å²) in [4.78, 5) is 0. The predicted octanol–water partition coefficient (Wildman–Crippen LogP) is 10.2. The molecule has 15 heteroatoms. The van der Waals surface area contributed by atoms with Crippen LogP contribution in [0.3, 0.4) is 0 Å². The SMILES string of the molecule is CC(C)=C[Si]N(CCCC(CCOCCC(CCCN([Si]C=C(C)C)[Si]C=C(C)C)[Si](Cl)(Cl)Cl)[Si](Cl)(Cl)Cl)[Si]C=C(C)C. The first-order chi connectivity index (χ1) is 19.9. The van der Waals surface area contributed by atoms with Crippen LogP contribution >= 0.6 is 66.5 Å². The highest BCUT2D eigenvalue weighted by atomic mass is 35.8. The van der Waals surface area contributed by atoms with Crippen molar-refractivity contribution in [3.8, 4) is 0 Å². The molecule has 0 fully saturated rings. The van der Waals surface area contributed by atoms with E-state index in [0.29, 0.717) is 51.9 Å².